The molecule has 410 valence electrons. The van der Waals surface area contributed by atoms with E-state index in [-0.39, 0.29) is 49.2 Å². The molecule has 6 heterocycles. The number of hydrogen-bond donors (Lipinski definition) is 4. The summed E-state index contributed by atoms with van der Waals surface area (Å²) in [5.41, 5.74) is 15.3. The zero-order chi connectivity index (χ0) is 55.0. The number of fused-ring (bicyclic) bond motifs is 7. The molecule has 0 saturated carbocycles. The number of amides is 3. The van der Waals surface area contributed by atoms with Gasteiger partial charge in [0.2, 0.25) is 5.91 Å². The number of carbonyl (C=O) groups is 4. The molecule has 2 fully saturated rings. The van der Waals surface area contributed by atoms with Crippen LogP contribution in [-0.2, 0) is 65.7 Å². The molecule has 6 bridgehead atoms. The fourth-order valence-corrected chi connectivity index (χ4v) is 12.3. The SMILES string of the molecule is CCn1c(-c2cc(-c3ccc4c(c3)CCNC4)cnc2C(C)OC)c2c3cc(ccc31)-c1cc(O)cc(c1)CC(NC(=O)C(C(C)C)N(C)C(=O)C1OCCC1c1ccccc1)C(=O)N1CCCC(N1)C(=O)OCC(C)(C)C2. The van der Waals surface area contributed by atoms with Gasteiger partial charge in [0.15, 0.2) is 0 Å². The predicted octanol–water partition coefficient (Wildman–Crippen LogP) is 8.82. The molecule has 15 heteroatoms. The third-order valence-electron chi connectivity index (χ3n) is 16.4. The summed E-state index contributed by atoms with van der Waals surface area (Å²) in [6.07, 6.45) is 3.92. The number of aryl methyl sites for hydroxylation is 1. The summed E-state index contributed by atoms with van der Waals surface area (Å²) in [4.78, 5) is 65.0. The first-order chi connectivity index (χ1) is 37.5. The number of nitrogens with zero attached hydrogens (tertiary/aromatic N) is 4. The highest BCUT2D eigenvalue weighted by atomic mass is 16.5. The van der Waals surface area contributed by atoms with E-state index in [1.807, 2.05) is 63.4 Å². The average Bonchev–Trinajstić information content (AvgIpc) is 4.27. The zero-order valence-corrected chi connectivity index (χ0v) is 46.4. The number of aromatic nitrogens is 2. The molecular weight excluding hydrogens is 983 g/mol. The first-order valence-corrected chi connectivity index (χ1v) is 27.8. The van der Waals surface area contributed by atoms with Gasteiger partial charge in [0, 0.05) is 86.4 Å². The maximum atomic E-state index is 15.0. The maximum Gasteiger partial charge on any atom is 0.324 e. The lowest BCUT2D eigenvalue weighted by atomic mass is 9.83. The first-order valence-electron chi connectivity index (χ1n) is 27.8. The molecular formula is C63H75N7O8. The van der Waals surface area contributed by atoms with E-state index >= 15 is 0 Å². The van der Waals surface area contributed by atoms with Crippen LogP contribution in [0.25, 0.3) is 44.4 Å². The van der Waals surface area contributed by atoms with Crippen molar-refractivity contribution in [3.63, 3.8) is 0 Å². The van der Waals surface area contributed by atoms with Gasteiger partial charge < -0.3 is 39.4 Å². The van der Waals surface area contributed by atoms with Gasteiger partial charge >= 0.3 is 5.97 Å². The number of esters is 1. The largest absolute Gasteiger partial charge is 0.508 e. The normalized spacial score (nSPS) is 21.4. The second-order valence-corrected chi connectivity index (χ2v) is 22.9. The maximum absolute atomic E-state index is 15.0. The number of hydrazine groups is 1. The Morgan fingerprint density at radius 2 is 1.73 bits per heavy atom. The lowest BCUT2D eigenvalue weighted by molar-refractivity contribution is -0.155. The van der Waals surface area contributed by atoms with Gasteiger partial charge in [-0.2, -0.15) is 0 Å². The van der Waals surface area contributed by atoms with E-state index in [0.29, 0.717) is 44.4 Å². The Morgan fingerprint density at radius 3 is 2.50 bits per heavy atom. The summed E-state index contributed by atoms with van der Waals surface area (Å²) in [7, 11) is 3.32. The van der Waals surface area contributed by atoms with E-state index in [4.69, 9.17) is 19.2 Å². The van der Waals surface area contributed by atoms with E-state index in [0.717, 1.165) is 80.7 Å². The molecule has 0 spiro atoms. The minimum atomic E-state index is -1.17. The molecule has 4 aromatic carbocycles. The Hall–Kier alpha value is -6.91. The average molecular weight is 1060 g/mol. The minimum Gasteiger partial charge on any atom is -0.508 e. The van der Waals surface area contributed by atoms with Crippen molar-refractivity contribution in [1.29, 1.82) is 0 Å². The molecule has 0 aliphatic carbocycles. The number of carbonyl (C=O) groups excluding carboxylic acids is 4. The number of likely N-dealkylation sites (N-methyl/N-ethyl adjacent to an activating group) is 1. The molecule has 6 unspecified atom stereocenters. The molecule has 10 rings (SSSR count). The molecule has 0 radical (unpaired) electrons. The summed E-state index contributed by atoms with van der Waals surface area (Å²) in [5, 5.41) is 20.5. The Labute approximate surface area is 458 Å². The Bertz CT molecular complexity index is 3220. The van der Waals surface area contributed by atoms with Gasteiger partial charge in [0.25, 0.3) is 11.8 Å². The van der Waals surface area contributed by atoms with Crippen molar-refractivity contribution >= 4 is 34.6 Å². The molecule has 78 heavy (non-hydrogen) atoms. The lowest BCUT2D eigenvalue weighted by Crippen LogP contribution is -2.62. The van der Waals surface area contributed by atoms with Crippen LogP contribution in [0.2, 0.25) is 0 Å². The van der Waals surface area contributed by atoms with Crippen molar-refractivity contribution in [3.05, 3.63) is 131 Å². The highest BCUT2D eigenvalue weighted by Gasteiger charge is 2.42. The first kappa shape index (κ1) is 54.4. The monoisotopic (exact) mass is 1060 g/mol. The third kappa shape index (κ3) is 11.1. The number of phenolic OH excluding ortho intramolecular Hbond substituents is 1. The van der Waals surface area contributed by atoms with Crippen molar-refractivity contribution in [3.8, 4) is 39.3 Å². The quantitative estimate of drug-likeness (QED) is 0.0913. The van der Waals surface area contributed by atoms with Gasteiger partial charge in [-0.05, 0) is 133 Å². The number of aromatic hydroxyl groups is 1. The van der Waals surface area contributed by atoms with Crippen LogP contribution in [0.4, 0.5) is 0 Å². The standard InChI is InChI=1S/C63H75N7O8/c1-9-69-54-20-19-42-31-49(54)51(57(69)50-32-46(35-65-55(50)38(4)76-8)41-17-18-44-34-64-23-21-43(44)29-41)33-63(5,6)36-78-62(75)52-16-13-24-70(67-52)60(73)53(28-39-26-45(42)30-47(71)27-39)66-59(72)56(37(2)3)68(7)61(74)58-48(22-25-77-58)40-14-11-10-12-15-40/h10-12,14-15,17-20,26-27,29-32,35,37-38,48,52-53,56,58,64,67,71H,9,13,16,21-25,28,33-34,36H2,1-8H3,(H,66,72). The van der Waals surface area contributed by atoms with E-state index < -0.39 is 47.4 Å². The van der Waals surface area contributed by atoms with Crippen LogP contribution >= 0.6 is 0 Å². The molecule has 6 aromatic rings. The van der Waals surface area contributed by atoms with Crippen molar-refractivity contribution in [2.24, 2.45) is 11.3 Å². The number of benzene rings is 4. The second-order valence-electron chi connectivity index (χ2n) is 22.9. The molecule has 2 saturated heterocycles. The topological polar surface area (TPSA) is 177 Å². The highest BCUT2D eigenvalue weighted by Crippen LogP contribution is 2.44. The number of cyclic esters (lactones) is 1. The van der Waals surface area contributed by atoms with Crippen LogP contribution in [0, 0.1) is 11.3 Å². The number of nitrogens with one attached hydrogen (secondary N) is 3. The smallest absolute Gasteiger partial charge is 0.324 e. The van der Waals surface area contributed by atoms with Crippen molar-refractivity contribution in [1.82, 2.24) is 35.5 Å². The van der Waals surface area contributed by atoms with Crippen LogP contribution in [0.3, 0.4) is 0 Å². The van der Waals surface area contributed by atoms with E-state index in [2.05, 4.69) is 83.9 Å². The number of ether oxygens (including phenoxy) is 3. The molecule has 4 aliphatic rings. The molecule has 6 atom stereocenters. The van der Waals surface area contributed by atoms with Crippen LogP contribution < -0.4 is 16.1 Å². The fourth-order valence-electron chi connectivity index (χ4n) is 12.3. The van der Waals surface area contributed by atoms with Crippen molar-refractivity contribution in [2.45, 2.75) is 129 Å². The van der Waals surface area contributed by atoms with Crippen LogP contribution in [-0.4, -0.2) is 113 Å². The van der Waals surface area contributed by atoms with Crippen LogP contribution in [0.15, 0.2) is 97.2 Å². The number of pyridine rings is 1. The van der Waals surface area contributed by atoms with Gasteiger partial charge in [-0.1, -0.05) is 88.4 Å². The summed E-state index contributed by atoms with van der Waals surface area (Å²) in [5.74, 6) is -2.29. The van der Waals surface area contributed by atoms with E-state index in [1.165, 1.54) is 21.0 Å². The zero-order valence-electron chi connectivity index (χ0n) is 46.4. The van der Waals surface area contributed by atoms with Crippen molar-refractivity contribution < 1.29 is 38.5 Å². The van der Waals surface area contributed by atoms with Gasteiger partial charge in [0.1, 0.15) is 30.0 Å². The lowest BCUT2D eigenvalue weighted by Gasteiger charge is -2.37. The van der Waals surface area contributed by atoms with Gasteiger partial charge in [0.05, 0.1) is 24.1 Å². The number of methoxy groups -OCH3 is 1. The molecule has 4 aliphatic heterocycles. The van der Waals surface area contributed by atoms with Crippen LogP contribution in [0.5, 0.6) is 5.75 Å². The van der Waals surface area contributed by atoms with Gasteiger partial charge in [-0.15, -0.1) is 0 Å². The van der Waals surface area contributed by atoms with E-state index in [1.54, 1.807) is 26.3 Å². The summed E-state index contributed by atoms with van der Waals surface area (Å²) >= 11 is 0. The van der Waals surface area contributed by atoms with Gasteiger partial charge in [-0.3, -0.25) is 29.2 Å². The second kappa shape index (κ2) is 22.8. The fraction of sp³-hybridized carbons (Fsp3) is 0.444. The molecule has 2 aromatic heterocycles. The van der Waals surface area contributed by atoms with E-state index in [9.17, 15) is 24.3 Å². The highest BCUT2D eigenvalue weighted by molar-refractivity contribution is 5.97. The van der Waals surface area contributed by atoms with Gasteiger partial charge in [-0.25, -0.2) is 5.43 Å². The number of phenols is 1. The Kier molecular flexibility index (Phi) is 15.9. The molecule has 15 nitrogen and oxygen atoms in total. The molecule has 4 N–H and O–H groups in total. The number of hydrogen-bond acceptors (Lipinski definition) is 11. The predicted molar refractivity (Wildman–Crippen MR) is 301 cm³/mol. The summed E-state index contributed by atoms with van der Waals surface area (Å²) in [6, 6.07) is 27.4. The Morgan fingerprint density at radius 1 is 0.949 bits per heavy atom. The minimum absolute atomic E-state index is 0.00365. The third-order valence-corrected chi connectivity index (χ3v) is 16.4. The summed E-state index contributed by atoms with van der Waals surface area (Å²) in [6.45, 7) is 15.3. The van der Waals surface area contributed by atoms with Crippen LogP contribution in [0.1, 0.15) is 106 Å². The number of rotatable bonds is 11. The summed E-state index contributed by atoms with van der Waals surface area (Å²) < 4.78 is 20.7. The van der Waals surface area contributed by atoms with Crippen molar-refractivity contribution in [2.75, 3.05) is 40.5 Å². The Balaban J connectivity index is 1.06. The molecule has 3 amide bonds.